The summed E-state index contributed by atoms with van der Waals surface area (Å²) in [5.41, 5.74) is 0. The number of ketones is 1. The lowest BCUT2D eigenvalue weighted by molar-refractivity contribution is -0.141. The minimum absolute atomic E-state index is 0.0941. The van der Waals surface area contributed by atoms with Crippen LogP contribution in [-0.4, -0.2) is 87.2 Å². The molecular weight excluding hydrogens is 380 g/mol. The molecule has 1 saturated heterocycles. The zero-order chi connectivity index (χ0) is 21.5. The topological polar surface area (TPSA) is 126 Å². The molecular formula is C19H34N4O6. The van der Waals surface area contributed by atoms with Crippen LogP contribution in [0.3, 0.4) is 0 Å². The minimum Gasteiger partial charge on any atom is -0.379 e. The lowest BCUT2D eigenvalue weighted by Crippen LogP contribution is -2.53. The largest absolute Gasteiger partial charge is 0.379 e. The van der Waals surface area contributed by atoms with E-state index in [1.807, 2.05) is 13.8 Å². The maximum Gasteiger partial charge on any atom is 0.317 e. The first-order valence-electron chi connectivity index (χ1n) is 10.3. The summed E-state index contributed by atoms with van der Waals surface area (Å²) in [4.78, 5) is 50.3. The van der Waals surface area contributed by atoms with Gasteiger partial charge >= 0.3 is 6.03 Å². The number of nitrogens with zero attached hydrogens (tertiary/aromatic N) is 1. The number of urea groups is 1. The van der Waals surface area contributed by atoms with Crippen LogP contribution in [0.15, 0.2) is 0 Å². The third kappa shape index (κ3) is 10.2. The van der Waals surface area contributed by atoms with E-state index in [1.165, 1.54) is 0 Å². The summed E-state index contributed by atoms with van der Waals surface area (Å²) in [6.07, 6.45) is 3.39. The molecule has 4 amide bonds. The summed E-state index contributed by atoms with van der Waals surface area (Å²) < 4.78 is 10.6. The van der Waals surface area contributed by atoms with Gasteiger partial charge in [-0.15, -0.1) is 0 Å². The van der Waals surface area contributed by atoms with E-state index in [2.05, 4.69) is 16.0 Å². The first-order chi connectivity index (χ1) is 14.0. The van der Waals surface area contributed by atoms with Crippen LogP contribution in [0, 0.1) is 0 Å². The van der Waals surface area contributed by atoms with Crippen LogP contribution >= 0.6 is 0 Å². The molecule has 10 nitrogen and oxygen atoms in total. The number of carbonyl (C=O) groups is 4. The summed E-state index contributed by atoms with van der Waals surface area (Å²) in [6, 6.07) is -1.47. The Morgan fingerprint density at radius 2 is 1.72 bits per heavy atom. The van der Waals surface area contributed by atoms with E-state index >= 15 is 0 Å². The van der Waals surface area contributed by atoms with Crippen molar-refractivity contribution in [3.63, 3.8) is 0 Å². The molecule has 1 fully saturated rings. The number of hydrogen-bond acceptors (Lipinski definition) is 6. The Morgan fingerprint density at radius 3 is 2.38 bits per heavy atom. The van der Waals surface area contributed by atoms with Crippen molar-refractivity contribution in [3.05, 3.63) is 0 Å². The number of carbonyl (C=O) groups excluding carboxylic acids is 4. The second-order valence-electron chi connectivity index (χ2n) is 6.78. The number of rotatable bonds is 13. The van der Waals surface area contributed by atoms with Crippen LogP contribution < -0.4 is 16.0 Å². The van der Waals surface area contributed by atoms with Gasteiger partial charge in [-0.2, -0.15) is 0 Å². The highest BCUT2D eigenvalue weighted by atomic mass is 16.5. The smallest absolute Gasteiger partial charge is 0.317 e. The van der Waals surface area contributed by atoms with Gasteiger partial charge in [0.2, 0.25) is 11.7 Å². The van der Waals surface area contributed by atoms with Crippen molar-refractivity contribution in [3.8, 4) is 0 Å². The van der Waals surface area contributed by atoms with Gasteiger partial charge in [0.05, 0.1) is 26.4 Å². The van der Waals surface area contributed by atoms with Gasteiger partial charge in [-0.1, -0.05) is 26.7 Å². The van der Waals surface area contributed by atoms with Crippen molar-refractivity contribution >= 4 is 23.6 Å². The molecule has 1 heterocycles. The van der Waals surface area contributed by atoms with Crippen molar-refractivity contribution in [2.75, 3.05) is 52.6 Å². The van der Waals surface area contributed by atoms with Crippen LogP contribution in [0.25, 0.3) is 0 Å². The zero-order valence-corrected chi connectivity index (χ0v) is 17.5. The van der Waals surface area contributed by atoms with Crippen molar-refractivity contribution in [1.82, 2.24) is 20.9 Å². The molecule has 0 aromatic rings. The first kappa shape index (κ1) is 24.8. The molecule has 29 heavy (non-hydrogen) atoms. The number of ether oxygens (including phenoxy) is 2. The third-order valence-electron chi connectivity index (χ3n) is 4.32. The third-order valence-corrected chi connectivity index (χ3v) is 4.32. The normalized spacial score (nSPS) is 14.8. The number of amides is 4. The van der Waals surface area contributed by atoms with E-state index in [0.29, 0.717) is 39.5 Å². The summed E-state index contributed by atoms with van der Waals surface area (Å²) in [7, 11) is 0. The number of nitrogens with one attached hydrogen (secondary N) is 3. The predicted octanol–water partition coefficient (Wildman–Crippen LogP) is -0.185. The van der Waals surface area contributed by atoms with Gasteiger partial charge in [-0.05, 0) is 12.8 Å². The average molecular weight is 415 g/mol. The molecule has 0 aliphatic carbocycles. The van der Waals surface area contributed by atoms with Gasteiger partial charge < -0.3 is 30.3 Å². The molecule has 0 saturated carbocycles. The number of hydrogen-bond donors (Lipinski definition) is 3. The molecule has 0 bridgehead atoms. The fourth-order valence-corrected chi connectivity index (χ4v) is 2.53. The molecule has 0 spiro atoms. The quantitative estimate of drug-likeness (QED) is 0.283. The lowest BCUT2D eigenvalue weighted by atomic mass is 10.1. The molecule has 1 atom stereocenters. The molecule has 1 aliphatic heterocycles. The Balaban J connectivity index is 2.52. The van der Waals surface area contributed by atoms with Gasteiger partial charge in [0, 0.05) is 26.2 Å². The average Bonchev–Trinajstić information content (AvgIpc) is 2.74. The van der Waals surface area contributed by atoms with Crippen LogP contribution in [0.1, 0.15) is 39.5 Å². The monoisotopic (exact) mass is 414 g/mol. The Hall–Kier alpha value is -2.20. The van der Waals surface area contributed by atoms with Gasteiger partial charge in [0.25, 0.3) is 5.91 Å². The maximum absolute atomic E-state index is 12.4. The second kappa shape index (κ2) is 14.7. The Labute approximate surface area is 172 Å². The Bertz CT molecular complexity index is 537. The van der Waals surface area contributed by atoms with Gasteiger partial charge in [0.15, 0.2) is 0 Å². The molecule has 0 radical (unpaired) electrons. The van der Waals surface area contributed by atoms with Crippen LogP contribution in [0.2, 0.25) is 0 Å². The molecule has 0 aromatic heterocycles. The van der Waals surface area contributed by atoms with Crippen LogP contribution in [-0.2, 0) is 23.9 Å². The Morgan fingerprint density at radius 1 is 1.03 bits per heavy atom. The standard InChI is InChI=1S/C19H34N4O6/c1-3-5-7-20-18(26)17(25)15(14-29-10-6-4-2)22-16(24)13-21-19(27)23-8-11-28-12-9-23/h15H,3-14H2,1-2H3,(H,20,26)(H,21,27)(H,22,24). The van der Waals surface area contributed by atoms with E-state index in [0.717, 1.165) is 25.7 Å². The first-order valence-corrected chi connectivity index (χ1v) is 10.3. The molecule has 166 valence electrons. The summed E-state index contributed by atoms with van der Waals surface area (Å²) >= 11 is 0. The fourth-order valence-electron chi connectivity index (χ4n) is 2.53. The van der Waals surface area contributed by atoms with E-state index < -0.39 is 23.6 Å². The molecule has 0 aromatic carbocycles. The summed E-state index contributed by atoms with van der Waals surface area (Å²) in [6.45, 7) is 6.24. The Kier molecular flexibility index (Phi) is 12.6. The molecule has 10 heteroatoms. The number of Topliss-reactive ketones (excluding diaryl/α,β-unsaturated/α-hetero) is 1. The maximum atomic E-state index is 12.4. The predicted molar refractivity (Wildman–Crippen MR) is 106 cm³/mol. The number of unbranched alkanes of at least 4 members (excludes halogenated alkanes) is 2. The van der Waals surface area contributed by atoms with Gasteiger partial charge in [-0.3, -0.25) is 14.4 Å². The van der Waals surface area contributed by atoms with Crippen molar-refractivity contribution in [2.45, 2.75) is 45.6 Å². The van der Waals surface area contributed by atoms with Gasteiger partial charge in [-0.25, -0.2) is 4.79 Å². The highest BCUT2D eigenvalue weighted by Crippen LogP contribution is 1.97. The minimum atomic E-state index is -1.10. The molecule has 1 aliphatic rings. The highest BCUT2D eigenvalue weighted by molar-refractivity contribution is 6.38. The second-order valence-corrected chi connectivity index (χ2v) is 6.78. The summed E-state index contributed by atoms with van der Waals surface area (Å²) in [5, 5.41) is 7.55. The highest BCUT2D eigenvalue weighted by Gasteiger charge is 2.27. The molecule has 1 unspecified atom stereocenters. The van der Waals surface area contributed by atoms with E-state index in [1.54, 1.807) is 4.90 Å². The van der Waals surface area contributed by atoms with Crippen molar-refractivity contribution in [1.29, 1.82) is 0 Å². The summed E-state index contributed by atoms with van der Waals surface area (Å²) in [5.74, 6) is -2.07. The van der Waals surface area contributed by atoms with E-state index in [-0.39, 0.29) is 19.2 Å². The van der Waals surface area contributed by atoms with Crippen molar-refractivity contribution in [2.24, 2.45) is 0 Å². The zero-order valence-electron chi connectivity index (χ0n) is 17.5. The van der Waals surface area contributed by atoms with Crippen molar-refractivity contribution < 1.29 is 28.7 Å². The van der Waals surface area contributed by atoms with Gasteiger partial charge in [0.1, 0.15) is 6.04 Å². The fraction of sp³-hybridized carbons (Fsp3) is 0.789. The van der Waals surface area contributed by atoms with Crippen LogP contribution in [0.5, 0.6) is 0 Å². The SMILES string of the molecule is CCCCNC(=O)C(=O)C(COCCCC)NC(=O)CNC(=O)N1CCOCC1. The molecule has 1 rings (SSSR count). The lowest BCUT2D eigenvalue weighted by Gasteiger charge is -2.27. The number of morpholine rings is 1. The van der Waals surface area contributed by atoms with E-state index in [9.17, 15) is 19.2 Å². The van der Waals surface area contributed by atoms with E-state index in [4.69, 9.17) is 9.47 Å². The molecule has 3 N–H and O–H groups in total. The van der Waals surface area contributed by atoms with Crippen LogP contribution in [0.4, 0.5) is 4.79 Å².